The van der Waals surface area contributed by atoms with Crippen molar-refractivity contribution >= 4 is 5.78 Å². The Labute approximate surface area is 81.9 Å². The molecule has 0 heterocycles. The van der Waals surface area contributed by atoms with Crippen molar-refractivity contribution in [3.63, 3.8) is 0 Å². The Morgan fingerprint density at radius 1 is 1.23 bits per heavy atom. The van der Waals surface area contributed by atoms with Crippen molar-refractivity contribution in [2.45, 2.75) is 47.0 Å². The minimum absolute atomic E-state index is 0.214. The van der Waals surface area contributed by atoms with Crippen molar-refractivity contribution < 1.29 is 4.79 Å². The highest BCUT2D eigenvalue weighted by Crippen LogP contribution is 2.38. The molecule has 0 unspecified atom stereocenters. The molecule has 0 N–H and O–H groups in total. The third-order valence-corrected chi connectivity index (χ3v) is 3.02. The average molecular weight is 182 g/mol. The summed E-state index contributed by atoms with van der Waals surface area (Å²) in [7, 11) is 0. The van der Waals surface area contributed by atoms with Crippen LogP contribution in [-0.4, -0.2) is 5.78 Å². The van der Waals surface area contributed by atoms with E-state index >= 15 is 0 Å². The van der Waals surface area contributed by atoms with E-state index in [0.29, 0.717) is 17.6 Å². The quantitative estimate of drug-likeness (QED) is 0.637. The Kier molecular flexibility index (Phi) is 3.52. The predicted molar refractivity (Wildman–Crippen MR) is 55.5 cm³/mol. The van der Waals surface area contributed by atoms with Crippen LogP contribution in [0.15, 0.2) is 0 Å². The van der Waals surface area contributed by atoms with Crippen LogP contribution < -0.4 is 0 Å². The lowest BCUT2D eigenvalue weighted by molar-refractivity contribution is -0.127. The maximum Gasteiger partial charge on any atom is 0.138 e. The summed E-state index contributed by atoms with van der Waals surface area (Å²) < 4.78 is 0. The molecule has 0 aromatic rings. The molecule has 1 aliphatic rings. The molecule has 1 heteroatoms. The van der Waals surface area contributed by atoms with Gasteiger partial charge in [-0.25, -0.2) is 0 Å². The SMILES string of the molecule is CC(C)C(=O)[C@H](CC1CC1)C(C)C. The van der Waals surface area contributed by atoms with Crippen molar-refractivity contribution in [1.82, 2.24) is 0 Å². The van der Waals surface area contributed by atoms with Crippen LogP contribution in [0.25, 0.3) is 0 Å². The van der Waals surface area contributed by atoms with E-state index in [1.165, 1.54) is 12.8 Å². The van der Waals surface area contributed by atoms with Gasteiger partial charge in [0.05, 0.1) is 0 Å². The van der Waals surface area contributed by atoms with E-state index in [9.17, 15) is 4.79 Å². The molecule has 76 valence electrons. The van der Waals surface area contributed by atoms with Gasteiger partial charge in [-0.1, -0.05) is 40.5 Å². The van der Waals surface area contributed by atoms with E-state index < -0.39 is 0 Å². The molecule has 13 heavy (non-hydrogen) atoms. The summed E-state index contributed by atoms with van der Waals surface area (Å²) in [6.45, 7) is 8.38. The number of ketones is 1. The Balaban J connectivity index is 2.49. The molecule has 1 nitrogen and oxygen atoms in total. The molecule has 1 aliphatic carbocycles. The van der Waals surface area contributed by atoms with Gasteiger partial charge in [0.15, 0.2) is 0 Å². The number of rotatable bonds is 5. The van der Waals surface area contributed by atoms with E-state index in [1.54, 1.807) is 0 Å². The molecule has 0 aromatic heterocycles. The van der Waals surface area contributed by atoms with Crippen LogP contribution in [0.4, 0.5) is 0 Å². The Hall–Kier alpha value is -0.330. The molecule has 1 rings (SSSR count). The minimum Gasteiger partial charge on any atom is -0.299 e. The Morgan fingerprint density at radius 3 is 2.08 bits per heavy atom. The molecular weight excluding hydrogens is 160 g/mol. The first-order valence-corrected chi connectivity index (χ1v) is 5.56. The largest absolute Gasteiger partial charge is 0.299 e. The molecule has 0 radical (unpaired) electrons. The highest BCUT2D eigenvalue weighted by atomic mass is 16.1. The van der Waals surface area contributed by atoms with Crippen LogP contribution in [-0.2, 0) is 4.79 Å². The van der Waals surface area contributed by atoms with Gasteiger partial charge in [-0.15, -0.1) is 0 Å². The highest BCUT2D eigenvalue weighted by Gasteiger charge is 2.31. The molecule has 1 atom stereocenters. The van der Waals surface area contributed by atoms with E-state index in [0.717, 1.165) is 12.3 Å². The van der Waals surface area contributed by atoms with Gasteiger partial charge in [0.1, 0.15) is 5.78 Å². The lowest BCUT2D eigenvalue weighted by atomic mass is 9.82. The van der Waals surface area contributed by atoms with Gasteiger partial charge in [0.25, 0.3) is 0 Å². The normalized spacial score (nSPS) is 19.5. The fourth-order valence-corrected chi connectivity index (χ4v) is 1.86. The fraction of sp³-hybridized carbons (Fsp3) is 0.917. The van der Waals surface area contributed by atoms with Crippen LogP contribution in [0.5, 0.6) is 0 Å². The third-order valence-electron chi connectivity index (χ3n) is 3.02. The zero-order valence-electron chi connectivity index (χ0n) is 9.34. The predicted octanol–water partition coefficient (Wildman–Crippen LogP) is 3.28. The maximum atomic E-state index is 11.8. The molecule has 0 amide bonds. The number of carbonyl (C=O) groups excluding carboxylic acids is 1. The summed E-state index contributed by atoms with van der Waals surface area (Å²) in [5.41, 5.74) is 0. The van der Waals surface area contributed by atoms with Crippen LogP contribution in [0.3, 0.4) is 0 Å². The van der Waals surface area contributed by atoms with Crippen LogP contribution >= 0.6 is 0 Å². The van der Waals surface area contributed by atoms with Crippen molar-refractivity contribution in [1.29, 1.82) is 0 Å². The van der Waals surface area contributed by atoms with E-state index in [-0.39, 0.29) is 5.92 Å². The molecule has 1 fully saturated rings. The van der Waals surface area contributed by atoms with E-state index in [1.807, 2.05) is 13.8 Å². The van der Waals surface area contributed by atoms with Crippen molar-refractivity contribution in [2.24, 2.45) is 23.7 Å². The summed E-state index contributed by atoms with van der Waals surface area (Å²) in [5.74, 6) is 2.41. The zero-order chi connectivity index (χ0) is 10.0. The standard InChI is InChI=1S/C12H22O/c1-8(2)11(7-10-5-6-10)12(13)9(3)4/h8-11H,5-7H2,1-4H3/t11-/m1/s1. The molecule has 0 bridgehead atoms. The average Bonchev–Trinajstić information content (AvgIpc) is 2.81. The lowest BCUT2D eigenvalue weighted by Crippen LogP contribution is -2.25. The monoisotopic (exact) mass is 182 g/mol. The Bertz CT molecular complexity index is 178. The first kappa shape index (κ1) is 10.7. The van der Waals surface area contributed by atoms with E-state index in [2.05, 4.69) is 13.8 Å². The van der Waals surface area contributed by atoms with Gasteiger partial charge in [-0.2, -0.15) is 0 Å². The van der Waals surface area contributed by atoms with E-state index in [4.69, 9.17) is 0 Å². The van der Waals surface area contributed by atoms with Crippen molar-refractivity contribution in [2.75, 3.05) is 0 Å². The second kappa shape index (κ2) is 4.26. The second-order valence-electron chi connectivity index (χ2n) is 5.09. The Morgan fingerprint density at radius 2 is 1.77 bits per heavy atom. The van der Waals surface area contributed by atoms with Gasteiger partial charge in [-0.05, 0) is 18.3 Å². The first-order valence-electron chi connectivity index (χ1n) is 5.56. The molecule has 0 aromatic carbocycles. The summed E-state index contributed by atoms with van der Waals surface area (Å²) in [5, 5.41) is 0. The van der Waals surface area contributed by atoms with Gasteiger partial charge >= 0.3 is 0 Å². The van der Waals surface area contributed by atoms with Crippen LogP contribution in [0.1, 0.15) is 47.0 Å². The molecular formula is C12H22O. The van der Waals surface area contributed by atoms with Crippen molar-refractivity contribution in [3.05, 3.63) is 0 Å². The van der Waals surface area contributed by atoms with Gasteiger partial charge in [0, 0.05) is 11.8 Å². The van der Waals surface area contributed by atoms with Gasteiger partial charge in [0.2, 0.25) is 0 Å². The lowest BCUT2D eigenvalue weighted by Gasteiger charge is -2.21. The molecule has 0 saturated heterocycles. The first-order chi connectivity index (χ1) is 6.02. The van der Waals surface area contributed by atoms with Crippen LogP contribution in [0, 0.1) is 23.7 Å². The summed E-state index contributed by atoms with van der Waals surface area (Å²) in [4.78, 5) is 11.8. The number of hydrogen-bond donors (Lipinski definition) is 0. The summed E-state index contributed by atoms with van der Waals surface area (Å²) >= 11 is 0. The van der Waals surface area contributed by atoms with Gasteiger partial charge in [-0.3, -0.25) is 4.79 Å². The van der Waals surface area contributed by atoms with Gasteiger partial charge < -0.3 is 0 Å². The number of carbonyl (C=O) groups is 1. The summed E-state index contributed by atoms with van der Waals surface area (Å²) in [6.07, 6.45) is 3.86. The highest BCUT2D eigenvalue weighted by molar-refractivity contribution is 5.83. The topological polar surface area (TPSA) is 17.1 Å². The zero-order valence-corrected chi connectivity index (χ0v) is 9.34. The number of Topliss-reactive ketones (excluding diaryl/α,β-unsaturated/α-hetero) is 1. The maximum absolute atomic E-state index is 11.8. The van der Waals surface area contributed by atoms with Crippen molar-refractivity contribution in [3.8, 4) is 0 Å². The number of hydrogen-bond acceptors (Lipinski definition) is 1. The summed E-state index contributed by atoms with van der Waals surface area (Å²) in [6, 6.07) is 0. The smallest absolute Gasteiger partial charge is 0.138 e. The fourth-order valence-electron chi connectivity index (χ4n) is 1.86. The molecule has 0 spiro atoms. The second-order valence-corrected chi connectivity index (χ2v) is 5.09. The third kappa shape index (κ3) is 3.13. The molecule has 0 aliphatic heterocycles. The minimum atomic E-state index is 0.214. The molecule has 1 saturated carbocycles. The van der Waals surface area contributed by atoms with Crippen LogP contribution in [0.2, 0.25) is 0 Å².